The first-order valence-corrected chi connectivity index (χ1v) is 9.50. The largest absolute Gasteiger partial charge is 0.466 e. The SMILES string of the molecule is CCOC(=O)[C@@H]1CCCN(C(=O)c2ccc(CNC(=O)NC(C)C)cc2)C1. The number of carbonyl (C=O) groups excluding carboxylic acids is 3. The van der Waals surface area contributed by atoms with Gasteiger partial charge in [-0.05, 0) is 51.3 Å². The zero-order valence-electron chi connectivity index (χ0n) is 16.3. The van der Waals surface area contributed by atoms with Crippen molar-refractivity contribution < 1.29 is 19.1 Å². The van der Waals surface area contributed by atoms with Crippen LogP contribution in [0.5, 0.6) is 0 Å². The van der Waals surface area contributed by atoms with Gasteiger partial charge in [0.1, 0.15) is 0 Å². The van der Waals surface area contributed by atoms with Crippen LogP contribution >= 0.6 is 0 Å². The number of piperidine rings is 1. The topological polar surface area (TPSA) is 87.7 Å². The maximum Gasteiger partial charge on any atom is 0.315 e. The fourth-order valence-corrected chi connectivity index (χ4v) is 3.06. The molecule has 1 aromatic carbocycles. The lowest BCUT2D eigenvalue weighted by molar-refractivity contribution is -0.149. The second-order valence-electron chi connectivity index (χ2n) is 7.02. The Labute approximate surface area is 160 Å². The molecule has 1 fully saturated rings. The van der Waals surface area contributed by atoms with E-state index in [-0.39, 0.29) is 29.9 Å². The van der Waals surface area contributed by atoms with Gasteiger partial charge < -0.3 is 20.3 Å². The Bertz CT molecular complexity index is 658. The van der Waals surface area contributed by atoms with Gasteiger partial charge in [0.05, 0.1) is 12.5 Å². The highest BCUT2D eigenvalue weighted by molar-refractivity contribution is 5.94. The molecule has 7 heteroatoms. The van der Waals surface area contributed by atoms with Crippen LogP contribution in [0, 0.1) is 5.92 Å². The van der Waals surface area contributed by atoms with Crippen LogP contribution in [0.25, 0.3) is 0 Å². The van der Waals surface area contributed by atoms with Crippen molar-refractivity contribution >= 4 is 17.9 Å². The molecule has 0 aliphatic carbocycles. The summed E-state index contributed by atoms with van der Waals surface area (Å²) in [6.45, 7) is 7.37. The first-order valence-electron chi connectivity index (χ1n) is 9.50. The van der Waals surface area contributed by atoms with Crippen molar-refractivity contribution in [2.75, 3.05) is 19.7 Å². The van der Waals surface area contributed by atoms with Crippen molar-refractivity contribution in [3.05, 3.63) is 35.4 Å². The molecule has 148 valence electrons. The summed E-state index contributed by atoms with van der Waals surface area (Å²) in [5, 5.41) is 5.53. The number of nitrogens with one attached hydrogen (secondary N) is 2. The summed E-state index contributed by atoms with van der Waals surface area (Å²) >= 11 is 0. The fraction of sp³-hybridized carbons (Fsp3) is 0.550. The molecule has 1 saturated heterocycles. The van der Waals surface area contributed by atoms with E-state index in [1.807, 2.05) is 26.0 Å². The minimum atomic E-state index is -0.245. The zero-order chi connectivity index (χ0) is 19.8. The summed E-state index contributed by atoms with van der Waals surface area (Å²) < 4.78 is 5.08. The van der Waals surface area contributed by atoms with Crippen LogP contribution in [0.15, 0.2) is 24.3 Å². The summed E-state index contributed by atoms with van der Waals surface area (Å²) in [6.07, 6.45) is 1.55. The molecule has 0 spiro atoms. The Kier molecular flexibility index (Phi) is 7.64. The van der Waals surface area contributed by atoms with E-state index in [2.05, 4.69) is 10.6 Å². The van der Waals surface area contributed by atoms with Gasteiger partial charge in [0, 0.05) is 31.2 Å². The number of hydrogen-bond acceptors (Lipinski definition) is 4. The third kappa shape index (κ3) is 6.27. The summed E-state index contributed by atoms with van der Waals surface area (Å²) in [5.74, 6) is -0.553. The maximum absolute atomic E-state index is 12.7. The second kappa shape index (κ2) is 9.94. The van der Waals surface area contributed by atoms with E-state index in [1.165, 1.54) is 0 Å². The molecular weight excluding hydrogens is 346 g/mol. The Balaban J connectivity index is 1.91. The lowest BCUT2D eigenvalue weighted by Gasteiger charge is -2.31. The number of likely N-dealkylation sites (tertiary alicyclic amines) is 1. The van der Waals surface area contributed by atoms with Crippen molar-refractivity contribution in [1.82, 2.24) is 15.5 Å². The molecule has 0 saturated carbocycles. The van der Waals surface area contributed by atoms with Gasteiger partial charge in [-0.15, -0.1) is 0 Å². The van der Waals surface area contributed by atoms with Crippen molar-refractivity contribution in [3.8, 4) is 0 Å². The molecule has 1 heterocycles. The number of nitrogens with zero attached hydrogens (tertiary/aromatic N) is 1. The summed E-state index contributed by atoms with van der Waals surface area (Å²) in [5.41, 5.74) is 1.49. The number of carbonyl (C=O) groups is 3. The van der Waals surface area contributed by atoms with E-state index in [4.69, 9.17) is 4.74 Å². The highest BCUT2D eigenvalue weighted by Gasteiger charge is 2.29. The van der Waals surface area contributed by atoms with Gasteiger partial charge in [0.15, 0.2) is 0 Å². The van der Waals surface area contributed by atoms with Crippen LogP contribution in [0.1, 0.15) is 49.5 Å². The van der Waals surface area contributed by atoms with E-state index >= 15 is 0 Å². The van der Waals surface area contributed by atoms with Crippen molar-refractivity contribution in [3.63, 3.8) is 0 Å². The Morgan fingerprint density at radius 1 is 1.22 bits per heavy atom. The monoisotopic (exact) mass is 375 g/mol. The normalized spacial score (nSPS) is 16.7. The van der Waals surface area contributed by atoms with Gasteiger partial charge in [-0.3, -0.25) is 9.59 Å². The predicted molar refractivity (Wildman–Crippen MR) is 102 cm³/mol. The highest BCUT2D eigenvalue weighted by Crippen LogP contribution is 2.20. The van der Waals surface area contributed by atoms with Gasteiger partial charge >= 0.3 is 12.0 Å². The molecule has 2 N–H and O–H groups in total. The molecule has 0 unspecified atom stereocenters. The summed E-state index contributed by atoms with van der Waals surface area (Å²) in [6, 6.07) is 7.03. The molecule has 1 atom stereocenters. The molecular formula is C20H29N3O4. The molecule has 0 radical (unpaired) electrons. The average Bonchev–Trinajstić information content (AvgIpc) is 2.66. The number of hydrogen-bond donors (Lipinski definition) is 2. The number of rotatable bonds is 6. The lowest BCUT2D eigenvalue weighted by Crippen LogP contribution is -2.42. The Morgan fingerprint density at radius 3 is 2.56 bits per heavy atom. The predicted octanol–water partition coefficient (Wildman–Crippen LogP) is 2.31. The molecule has 1 aromatic rings. The minimum absolute atomic E-state index is 0.0768. The van der Waals surface area contributed by atoms with Gasteiger partial charge in [-0.2, -0.15) is 0 Å². The van der Waals surface area contributed by atoms with Crippen LogP contribution in [-0.2, 0) is 16.1 Å². The molecule has 2 rings (SSSR count). The Hall–Kier alpha value is -2.57. The smallest absolute Gasteiger partial charge is 0.315 e. The third-order valence-electron chi connectivity index (χ3n) is 4.40. The van der Waals surface area contributed by atoms with Crippen LogP contribution in [-0.4, -0.2) is 48.5 Å². The van der Waals surface area contributed by atoms with Gasteiger partial charge in [-0.25, -0.2) is 4.79 Å². The molecule has 27 heavy (non-hydrogen) atoms. The maximum atomic E-state index is 12.7. The molecule has 0 aromatic heterocycles. The number of ether oxygens (including phenoxy) is 1. The van der Waals surface area contributed by atoms with Crippen LogP contribution in [0.2, 0.25) is 0 Å². The van der Waals surface area contributed by atoms with Crippen LogP contribution in [0.3, 0.4) is 0 Å². The Morgan fingerprint density at radius 2 is 1.93 bits per heavy atom. The first-order chi connectivity index (χ1) is 12.9. The number of benzene rings is 1. The molecule has 3 amide bonds. The van der Waals surface area contributed by atoms with Crippen molar-refractivity contribution in [1.29, 1.82) is 0 Å². The minimum Gasteiger partial charge on any atom is -0.466 e. The fourth-order valence-electron chi connectivity index (χ4n) is 3.06. The lowest BCUT2D eigenvalue weighted by atomic mass is 9.97. The third-order valence-corrected chi connectivity index (χ3v) is 4.40. The summed E-state index contributed by atoms with van der Waals surface area (Å²) in [7, 11) is 0. The van der Waals surface area contributed by atoms with Crippen molar-refractivity contribution in [2.45, 2.75) is 46.2 Å². The molecule has 1 aliphatic heterocycles. The molecule has 7 nitrogen and oxygen atoms in total. The average molecular weight is 375 g/mol. The van der Waals surface area contributed by atoms with Gasteiger partial charge in [-0.1, -0.05) is 12.1 Å². The van der Waals surface area contributed by atoms with E-state index < -0.39 is 0 Å². The van der Waals surface area contributed by atoms with Gasteiger partial charge in [0.2, 0.25) is 0 Å². The number of urea groups is 1. The quantitative estimate of drug-likeness (QED) is 0.747. The molecule has 0 bridgehead atoms. The standard InChI is InChI=1S/C20H29N3O4/c1-4-27-19(25)17-6-5-11-23(13-17)18(24)16-9-7-15(8-10-16)12-21-20(26)22-14(2)3/h7-10,14,17H,4-6,11-13H2,1-3H3,(H2,21,22,26)/t17-/m1/s1. The van der Waals surface area contributed by atoms with E-state index in [9.17, 15) is 14.4 Å². The highest BCUT2D eigenvalue weighted by atomic mass is 16.5. The van der Waals surface area contributed by atoms with Crippen LogP contribution < -0.4 is 10.6 Å². The first kappa shape index (κ1) is 20.7. The number of esters is 1. The van der Waals surface area contributed by atoms with E-state index in [0.717, 1.165) is 18.4 Å². The van der Waals surface area contributed by atoms with E-state index in [1.54, 1.807) is 24.0 Å². The zero-order valence-corrected chi connectivity index (χ0v) is 16.3. The second-order valence-corrected chi connectivity index (χ2v) is 7.02. The summed E-state index contributed by atoms with van der Waals surface area (Å²) in [4.78, 5) is 38.0. The van der Waals surface area contributed by atoms with Crippen molar-refractivity contribution in [2.24, 2.45) is 5.92 Å². The van der Waals surface area contributed by atoms with Crippen LogP contribution in [0.4, 0.5) is 4.79 Å². The number of amides is 3. The van der Waals surface area contributed by atoms with E-state index in [0.29, 0.717) is 31.8 Å². The molecule has 1 aliphatic rings. The van der Waals surface area contributed by atoms with Gasteiger partial charge in [0.25, 0.3) is 5.91 Å².